The van der Waals surface area contributed by atoms with Gasteiger partial charge in [-0.15, -0.1) is 0 Å². The molecule has 1 aromatic rings. The lowest BCUT2D eigenvalue weighted by atomic mass is 10.2. The Kier molecular flexibility index (Phi) is 5.58. The fourth-order valence-corrected chi connectivity index (χ4v) is 1.72. The Balaban J connectivity index is 2.82. The summed E-state index contributed by atoms with van der Waals surface area (Å²) in [6.07, 6.45) is 0.526. The molecule has 17 heavy (non-hydrogen) atoms. The number of aliphatic hydroxyl groups is 1. The van der Waals surface area contributed by atoms with E-state index in [-0.39, 0.29) is 12.5 Å². The van der Waals surface area contributed by atoms with Crippen molar-refractivity contribution in [3.8, 4) is 0 Å². The van der Waals surface area contributed by atoms with Crippen molar-refractivity contribution in [3.05, 3.63) is 34.1 Å². The average Bonchev–Trinajstić information content (AvgIpc) is 2.33. The Labute approximate surface area is 108 Å². The number of halogens is 2. The van der Waals surface area contributed by atoms with Gasteiger partial charge in [-0.25, -0.2) is 4.39 Å². The second-order valence-electron chi connectivity index (χ2n) is 3.59. The molecule has 1 amide bonds. The minimum Gasteiger partial charge on any atom is -0.396 e. The van der Waals surface area contributed by atoms with Gasteiger partial charge in [0.2, 0.25) is 0 Å². The summed E-state index contributed by atoms with van der Waals surface area (Å²) >= 11 is 3.04. The van der Waals surface area contributed by atoms with Crippen LogP contribution in [0.1, 0.15) is 23.7 Å². The van der Waals surface area contributed by atoms with Crippen LogP contribution in [-0.4, -0.2) is 35.6 Å². The van der Waals surface area contributed by atoms with Gasteiger partial charge < -0.3 is 10.0 Å². The molecule has 0 saturated heterocycles. The van der Waals surface area contributed by atoms with Crippen molar-refractivity contribution in [1.82, 2.24) is 4.90 Å². The van der Waals surface area contributed by atoms with Gasteiger partial charge in [-0.05, 0) is 47.5 Å². The molecular weight excluding hydrogens is 289 g/mol. The topological polar surface area (TPSA) is 40.5 Å². The zero-order chi connectivity index (χ0) is 12.8. The minimum atomic E-state index is -0.450. The van der Waals surface area contributed by atoms with Gasteiger partial charge >= 0.3 is 0 Å². The number of aliphatic hydroxyl groups excluding tert-OH is 1. The van der Waals surface area contributed by atoms with Crippen LogP contribution in [0.15, 0.2) is 22.7 Å². The van der Waals surface area contributed by atoms with Crippen molar-refractivity contribution in [2.75, 3.05) is 19.7 Å². The zero-order valence-corrected chi connectivity index (χ0v) is 11.2. The third-order valence-corrected chi connectivity index (χ3v) is 3.06. The summed E-state index contributed by atoms with van der Waals surface area (Å²) in [5.41, 5.74) is 0.325. The molecular formula is C12H15BrFNO2. The SMILES string of the molecule is CCN(CCCO)C(=O)c1ccc(Br)c(F)c1. The van der Waals surface area contributed by atoms with Crippen LogP contribution in [0.4, 0.5) is 4.39 Å². The van der Waals surface area contributed by atoms with E-state index in [0.29, 0.717) is 29.5 Å². The van der Waals surface area contributed by atoms with E-state index in [4.69, 9.17) is 5.11 Å². The van der Waals surface area contributed by atoms with Gasteiger partial charge in [0.05, 0.1) is 4.47 Å². The van der Waals surface area contributed by atoms with Crippen molar-refractivity contribution in [2.24, 2.45) is 0 Å². The standard InChI is InChI=1S/C12H15BrFNO2/c1-2-15(6-3-7-16)12(17)9-4-5-10(13)11(14)8-9/h4-5,8,16H,2-3,6-7H2,1H3. The Morgan fingerprint density at radius 2 is 2.24 bits per heavy atom. The van der Waals surface area contributed by atoms with E-state index in [1.165, 1.54) is 12.1 Å². The maximum absolute atomic E-state index is 13.3. The summed E-state index contributed by atoms with van der Waals surface area (Å²) < 4.78 is 13.6. The van der Waals surface area contributed by atoms with Gasteiger partial charge in [0.15, 0.2) is 0 Å². The summed E-state index contributed by atoms with van der Waals surface area (Å²) in [6, 6.07) is 4.31. The molecule has 0 saturated carbocycles. The summed E-state index contributed by atoms with van der Waals surface area (Å²) in [6.45, 7) is 2.91. The van der Waals surface area contributed by atoms with Crippen molar-refractivity contribution in [1.29, 1.82) is 0 Å². The molecule has 0 fully saturated rings. The number of benzene rings is 1. The monoisotopic (exact) mass is 303 g/mol. The molecule has 1 N–H and O–H groups in total. The third-order valence-electron chi connectivity index (χ3n) is 2.42. The molecule has 0 aliphatic heterocycles. The summed E-state index contributed by atoms with van der Waals surface area (Å²) in [4.78, 5) is 13.6. The van der Waals surface area contributed by atoms with Crippen LogP contribution < -0.4 is 0 Å². The largest absolute Gasteiger partial charge is 0.396 e. The van der Waals surface area contributed by atoms with Crippen molar-refractivity contribution in [2.45, 2.75) is 13.3 Å². The fraction of sp³-hybridized carbons (Fsp3) is 0.417. The average molecular weight is 304 g/mol. The number of nitrogens with zero attached hydrogens (tertiary/aromatic N) is 1. The molecule has 0 spiro atoms. The molecule has 0 heterocycles. The van der Waals surface area contributed by atoms with Crippen LogP contribution >= 0.6 is 15.9 Å². The number of amides is 1. The summed E-state index contributed by atoms with van der Waals surface area (Å²) in [5, 5.41) is 8.74. The summed E-state index contributed by atoms with van der Waals surface area (Å²) in [7, 11) is 0. The molecule has 0 aromatic heterocycles. The molecule has 0 atom stereocenters. The molecule has 1 aromatic carbocycles. The lowest BCUT2D eigenvalue weighted by molar-refractivity contribution is 0.0753. The Morgan fingerprint density at radius 3 is 2.76 bits per heavy atom. The first-order valence-corrected chi connectivity index (χ1v) is 6.24. The van der Waals surface area contributed by atoms with E-state index in [1.807, 2.05) is 6.92 Å². The van der Waals surface area contributed by atoms with E-state index in [2.05, 4.69) is 15.9 Å². The number of hydrogen-bond acceptors (Lipinski definition) is 2. The Bertz CT molecular complexity index is 398. The van der Waals surface area contributed by atoms with Gasteiger partial charge in [0.25, 0.3) is 5.91 Å². The number of rotatable bonds is 5. The van der Waals surface area contributed by atoms with Crippen LogP contribution in [-0.2, 0) is 0 Å². The molecule has 94 valence electrons. The molecule has 5 heteroatoms. The first kappa shape index (κ1) is 14.1. The molecule has 0 aliphatic carbocycles. The van der Waals surface area contributed by atoms with E-state index in [0.717, 1.165) is 0 Å². The maximum atomic E-state index is 13.3. The van der Waals surface area contributed by atoms with E-state index < -0.39 is 5.82 Å². The molecule has 3 nitrogen and oxygen atoms in total. The minimum absolute atomic E-state index is 0.0402. The fourth-order valence-electron chi connectivity index (χ4n) is 1.48. The number of carbonyl (C=O) groups is 1. The van der Waals surface area contributed by atoms with Crippen molar-refractivity contribution < 1.29 is 14.3 Å². The molecule has 0 radical (unpaired) electrons. The highest BCUT2D eigenvalue weighted by Crippen LogP contribution is 2.17. The first-order valence-electron chi connectivity index (χ1n) is 5.45. The van der Waals surface area contributed by atoms with Crippen molar-refractivity contribution >= 4 is 21.8 Å². The highest BCUT2D eigenvalue weighted by Gasteiger charge is 2.14. The smallest absolute Gasteiger partial charge is 0.253 e. The highest BCUT2D eigenvalue weighted by atomic mass is 79.9. The normalized spacial score (nSPS) is 10.4. The molecule has 0 unspecified atom stereocenters. The van der Waals surface area contributed by atoms with Gasteiger partial charge in [-0.1, -0.05) is 0 Å². The molecule has 1 rings (SSSR count). The maximum Gasteiger partial charge on any atom is 0.253 e. The second-order valence-corrected chi connectivity index (χ2v) is 4.45. The van der Waals surface area contributed by atoms with Crippen LogP contribution in [0.25, 0.3) is 0 Å². The quantitative estimate of drug-likeness (QED) is 0.907. The van der Waals surface area contributed by atoms with E-state index in [1.54, 1.807) is 11.0 Å². The predicted molar refractivity (Wildman–Crippen MR) is 67.4 cm³/mol. The van der Waals surface area contributed by atoms with Crippen LogP contribution in [0, 0.1) is 5.82 Å². The van der Waals surface area contributed by atoms with E-state index in [9.17, 15) is 9.18 Å². The first-order chi connectivity index (χ1) is 8.10. The molecule has 0 bridgehead atoms. The lowest BCUT2D eigenvalue weighted by Crippen LogP contribution is -2.32. The predicted octanol–water partition coefficient (Wildman–Crippen LogP) is 2.43. The number of hydrogen-bond donors (Lipinski definition) is 1. The van der Waals surface area contributed by atoms with Crippen LogP contribution in [0.2, 0.25) is 0 Å². The Hall–Kier alpha value is -0.940. The van der Waals surface area contributed by atoms with Gasteiger partial charge in [0, 0.05) is 25.3 Å². The van der Waals surface area contributed by atoms with Crippen molar-refractivity contribution in [3.63, 3.8) is 0 Å². The third kappa shape index (κ3) is 3.78. The van der Waals surface area contributed by atoms with Crippen LogP contribution in [0.3, 0.4) is 0 Å². The number of carbonyl (C=O) groups excluding carboxylic acids is 1. The van der Waals surface area contributed by atoms with Gasteiger partial charge in [-0.2, -0.15) is 0 Å². The van der Waals surface area contributed by atoms with E-state index >= 15 is 0 Å². The second kappa shape index (κ2) is 6.71. The Morgan fingerprint density at radius 1 is 1.53 bits per heavy atom. The summed E-state index contributed by atoms with van der Waals surface area (Å²) in [5.74, 6) is -0.665. The van der Waals surface area contributed by atoms with Gasteiger partial charge in [-0.3, -0.25) is 4.79 Å². The molecule has 0 aliphatic rings. The van der Waals surface area contributed by atoms with Gasteiger partial charge in [0.1, 0.15) is 5.82 Å². The van der Waals surface area contributed by atoms with Crippen LogP contribution in [0.5, 0.6) is 0 Å². The zero-order valence-electron chi connectivity index (χ0n) is 9.62. The lowest BCUT2D eigenvalue weighted by Gasteiger charge is -2.20. The highest BCUT2D eigenvalue weighted by molar-refractivity contribution is 9.10.